The number of aromatic nitrogens is 3. The molecule has 0 radical (unpaired) electrons. The van der Waals surface area contributed by atoms with Gasteiger partial charge in [-0.1, -0.05) is 36.4 Å². The van der Waals surface area contributed by atoms with Gasteiger partial charge in [-0.15, -0.1) is 0 Å². The van der Waals surface area contributed by atoms with Crippen LogP contribution in [0.1, 0.15) is 22.6 Å². The topological polar surface area (TPSA) is 61.9 Å². The van der Waals surface area contributed by atoms with Crippen molar-refractivity contribution in [2.45, 2.75) is 26.4 Å². The van der Waals surface area contributed by atoms with E-state index in [0.29, 0.717) is 12.4 Å². The molecule has 5 heteroatoms. The molecule has 1 aliphatic rings. The van der Waals surface area contributed by atoms with Crippen molar-refractivity contribution in [1.29, 1.82) is 0 Å². The molecule has 0 fully saturated rings. The van der Waals surface area contributed by atoms with Crippen molar-refractivity contribution < 1.29 is 0 Å². The number of H-pyrrole nitrogens is 1. The fourth-order valence-electron chi connectivity index (χ4n) is 3.27. The van der Waals surface area contributed by atoms with Crippen LogP contribution in [0.3, 0.4) is 0 Å². The molecule has 2 aromatic heterocycles. The fraction of sp³-hybridized carbons (Fsp3) is 0.250. The van der Waals surface area contributed by atoms with Crippen LogP contribution in [0.25, 0.3) is 11.4 Å². The highest BCUT2D eigenvalue weighted by molar-refractivity contribution is 5.54. The van der Waals surface area contributed by atoms with Gasteiger partial charge in [-0.3, -0.25) is 14.7 Å². The summed E-state index contributed by atoms with van der Waals surface area (Å²) in [5.74, 6) is 0.651. The van der Waals surface area contributed by atoms with Crippen molar-refractivity contribution in [3.05, 3.63) is 81.5 Å². The first-order valence-electron chi connectivity index (χ1n) is 8.51. The second-order valence-corrected chi connectivity index (χ2v) is 6.44. The summed E-state index contributed by atoms with van der Waals surface area (Å²) in [6.07, 6.45) is 0.783. The quantitative estimate of drug-likeness (QED) is 0.801. The first-order valence-corrected chi connectivity index (χ1v) is 8.51. The number of hydrogen-bond donors (Lipinski definition) is 1. The lowest BCUT2D eigenvalue weighted by molar-refractivity contribution is 0.239. The van der Waals surface area contributed by atoms with Crippen LogP contribution in [-0.4, -0.2) is 26.4 Å². The Bertz CT molecular complexity index is 949. The highest BCUT2D eigenvalue weighted by Gasteiger charge is 2.21. The molecule has 1 aromatic carbocycles. The highest BCUT2D eigenvalue weighted by Crippen LogP contribution is 2.19. The predicted octanol–water partition coefficient (Wildman–Crippen LogP) is 2.70. The van der Waals surface area contributed by atoms with Crippen molar-refractivity contribution in [2.75, 3.05) is 6.54 Å². The molecule has 0 amide bonds. The Morgan fingerprint density at radius 2 is 1.92 bits per heavy atom. The Morgan fingerprint density at radius 1 is 1.08 bits per heavy atom. The van der Waals surface area contributed by atoms with Crippen molar-refractivity contribution >= 4 is 0 Å². The number of rotatable bonds is 3. The molecule has 126 valence electrons. The van der Waals surface area contributed by atoms with E-state index >= 15 is 0 Å². The van der Waals surface area contributed by atoms with Gasteiger partial charge in [0, 0.05) is 37.3 Å². The van der Waals surface area contributed by atoms with Crippen LogP contribution < -0.4 is 5.56 Å². The Labute approximate surface area is 146 Å². The van der Waals surface area contributed by atoms with Gasteiger partial charge in [0.25, 0.3) is 5.56 Å². The number of aryl methyl sites for hydroxylation is 1. The minimum Gasteiger partial charge on any atom is -0.306 e. The highest BCUT2D eigenvalue weighted by atomic mass is 16.1. The van der Waals surface area contributed by atoms with Crippen LogP contribution in [0, 0.1) is 6.92 Å². The van der Waals surface area contributed by atoms with Gasteiger partial charge in [-0.25, -0.2) is 4.98 Å². The van der Waals surface area contributed by atoms with E-state index < -0.39 is 0 Å². The maximum Gasteiger partial charge on any atom is 0.255 e. The molecule has 0 aliphatic carbocycles. The molecule has 0 bridgehead atoms. The molecule has 1 N–H and O–H groups in total. The Hall–Kier alpha value is -2.79. The lowest BCUT2D eigenvalue weighted by Gasteiger charge is -2.27. The van der Waals surface area contributed by atoms with Gasteiger partial charge in [0.05, 0.1) is 17.0 Å². The zero-order valence-corrected chi connectivity index (χ0v) is 14.2. The van der Waals surface area contributed by atoms with E-state index in [0.717, 1.165) is 47.7 Å². The zero-order chi connectivity index (χ0) is 17.2. The first-order chi connectivity index (χ1) is 12.2. The van der Waals surface area contributed by atoms with Gasteiger partial charge in [0.2, 0.25) is 0 Å². The van der Waals surface area contributed by atoms with Gasteiger partial charge in [-0.05, 0) is 19.1 Å². The summed E-state index contributed by atoms with van der Waals surface area (Å²) in [5.41, 5.74) is 4.64. The Morgan fingerprint density at radius 3 is 2.72 bits per heavy atom. The van der Waals surface area contributed by atoms with Gasteiger partial charge in [-0.2, -0.15) is 0 Å². The van der Waals surface area contributed by atoms with Gasteiger partial charge in [0.1, 0.15) is 5.82 Å². The minimum atomic E-state index is -0.0363. The normalized spacial score (nSPS) is 14.3. The molecule has 0 saturated heterocycles. The number of pyridine rings is 1. The molecule has 5 nitrogen and oxygen atoms in total. The monoisotopic (exact) mass is 332 g/mol. The Balaban J connectivity index is 1.58. The summed E-state index contributed by atoms with van der Waals surface area (Å²) in [6.45, 7) is 4.24. The maximum absolute atomic E-state index is 12.6. The largest absolute Gasteiger partial charge is 0.306 e. The maximum atomic E-state index is 12.6. The number of aromatic amines is 1. The van der Waals surface area contributed by atoms with Crippen LogP contribution in [-0.2, 0) is 19.5 Å². The molecule has 0 spiro atoms. The fourth-order valence-corrected chi connectivity index (χ4v) is 3.27. The van der Waals surface area contributed by atoms with Crippen molar-refractivity contribution in [1.82, 2.24) is 19.9 Å². The summed E-state index contributed by atoms with van der Waals surface area (Å²) in [4.78, 5) is 27.0. The van der Waals surface area contributed by atoms with E-state index in [1.807, 2.05) is 55.5 Å². The molecule has 3 heterocycles. The van der Waals surface area contributed by atoms with Crippen LogP contribution in [0.5, 0.6) is 0 Å². The third-order valence-electron chi connectivity index (χ3n) is 4.53. The SMILES string of the molecule is Cc1cccc(CN2CCc3nc(-c4ccccc4)[nH]c(=O)c3C2)n1. The van der Waals surface area contributed by atoms with E-state index in [9.17, 15) is 4.79 Å². The third kappa shape index (κ3) is 3.37. The summed E-state index contributed by atoms with van der Waals surface area (Å²) in [7, 11) is 0. The van der Waals surface area contributed by atoms with Crippen LogP contribution in [0.15, 0.2) is 53.3 Å². The second-order valence-electron chi connectivity index (χ2n) is 6.44. The predicted molar refractivity (Wildman–Crippen MR) is 97.1 cm³/mol. The second kappa shape index (κ2) is 6.61. The molecule has 0 saturated carbocycles. The van der Waals surface area contributed by atoms with E-state index in [1.54, 1.807) is 0 Å². The molecule has 0 atom stereocenters. The summed E-state index contributed by atoms with van der Waals surface area (Å²) in [5, 5.41) is 0. The smallest absolute Gasteiger partial charge is 0.255 e. The molecule has 4 rings (SSSR count). The van der Waals surface area contributed by atoms with Crippen molar-refractivity contribution in [2.24, 2.45) is 0 Å². The number of fused-ring (bicyclic) bond motifs is 1. The number of nitrogens with zero attached hydrogens (tertiary/aromatic N) is 3. The van der Waals surface area contributed by atoms with Crippen molar-refractivity contribution in [3.63, 3.8) is 0 Å². The van der Waals surface area contributed by atoms with Gasteiger partial charge in [0.15, 0.2) is 0 Å². The number of benzene rings is 1. The first kappa shape index (κ1) is 15.7. The molecular formula is C20H20N4O. The zero-order valence-electron chi connectivity index (χ0n) is 14.2. The Kier molecular flexibility index (Phi) is 4.15. The average Bonchev–Trinajstić information content (AvgIpc) is 2.63. The van der Waals surface area contributed by atoms with E-state index in [1.165, 1.54) is 0 Å². The van der Waals surface area contributed by atoms with E-state index in [-0.39, 0.29) is 5.56 Å². The van der Waals surface area contributed by atoms with E-state index in [2.05, 4.69) is 14.9 Å². The van der Waals surface area contributed by atoms with Crippen LogP contribution >= 0.6 is 0 Å². The number of hydrogen-bond acceptors (Lipinski definition) is 4. The van der Waals surface area contributed by atoms with Gasteiger partial charge < -0.3 is 4.98 Å². The van der Waals surface area contributed by atoms with Crippen molar-refractivity contribution in [3.8, 4) is 11.4 Å². The summed E-state index contributed by atoms with van der Waals surface area (Å²) < 4.78 is 0. The minimum absolute atomic E-state index is 0.0363. The third-order valence-corrected chi connectivity index (χ3v) is 4.53. The van der Waals surface area contributed by atoms with E-state index in [4.69, 9.17) is 4.98 Å². The van der Waals surface area contributed by atoms with Gasteiger partial charge >= 0.3 is 0 Å². The molecule has 3 aromatic rings. The molecule has 25 heavy (non-hydrogen) atoms. The molecule has 1 aliphatic heterocycles. The average molecular weight is 332 g/mol. The molecule has 0 unspecified atom stereocenters. The number of nitrogens with one attached hydrogen (secondary N) is 1. The standard InChI is InChI=1S/C20H20N4O/c1-14-6-5-9-16(21-14)12-24-11-10-18-17(13-24)20(25)23-19(22-18)15-7-3-2-4-8-15/h2-9H,10-13H2,1H3,(H,22,23,25). The lowest BCUT2D eigenvalue weighted by Crippen LogP contribution is -2.35. The van der Waals surface area contributed by atoms with Crippen LogP contribution in [0.2, 0.25) is 0 Å². The summed E-state index contributed by atoms with van der Waals surface area (Å²) >= 11 is 0. The summed E-state index contributed by atoms with van der Waals surface area (Å²) in [6, 6.07) is 15.8. The van der Waals surface area contributed by atoms with Crippen LogP contribution in [0.4, 0.5) is 0 Å². The molecular weight excluding hydrogens is 312 g/mol. The lowest BCUT2D eigenvalue weighted by atomic mass is 10.1.